The lowest BCUT2D eigenvalue weighted by Gasteiger charge is -2.29. The van der Waals surface area contributed by atoms with Gasteiger partial charge in [-0.3, -0.25) is 0 Å². The zero-order valence-electron chi connectivity index (χ0n) is 16.5. The maximum atomic E-state index is 2.33. The average molecular weight is 371 g/mol. The second-order valence-electron chi connectivity index (χ2n) is 7.76. The molecule has 1 fully saturated rings. The summed E-state index contributed by atoms with van der Waals surface area (Å²) >= 11 is 0. The number of benzene rings is 3. The number of nitrogens with one attached hydrogen (secondary N) is 2. The van der Waals surface area contributed by atoms with Gasteiger partial charge in [0.05, 0.1) is 6.54 Å². The van der Waals surface area contributed by atoms with Crippen LogP contribution in [-0.4, -0.2) is 32.7 Å². The van der Waals surface area contributed by atoms with E-state index in [9.17, 15) is 0 Å². The van der Waals surface area contributed by atoms with E-state index in [1.54, 1.807) is 9.80 Å². The molecule has 2 nitrogen and oxygen atoms in total. The minimum Gasteiger partial charge on any atom is -0.322 e. The molecule has 1 aliphatic rings. The summed E-state index contributed by atoms with van der Waals surface area (Å²) in [5.74, 6) is 0. The Morgan fingerprint density at radius 3 is 1.86 bits per heavy atom. The maximum absolute atomic E-state index is 2.33. The molecule has 28 heavy (non-hydrogen) atoms. The Kier molecular flexibility index (Phi) is 6.33. The standard InChI is InChI=1S/C26H28N2/c1-3-8-23(9-4-1)10-7-17-27-18-20-28(21-19-27)22-24-13-15-26(16-14-24)25-11-5-2-6-12-25/h1-16H,17-22H2/p+2/b10-7+. The number of hydrogen-bond acceptors (Lipinski definition) is 0. The Morgan fingerprint density at radius 1 is 0.607 bits per heavy atom. The third-order valence-electron chi connectivity index (χ3n) is 5.70. The van der Waals surface area contributed by atoms with Crippen LogP contribution in [0, 0.1) is 0 Å². The summed E-state index contributed by atoms with van der Waals surface area (Å²) < 4.78 is 0. The van der Waals surface area contributed by atoms with Gasteiger partial charge in [-0.1, -0.05) is 91.0 Å². The van der Waals surface area contributed by atoms with Crippen molar-refractivity contribution in [1.29, 1.82) is 0 Å². The summed E-state index contributed by atoms with van der Waals surface area (Å²) in [6.07, 6.45) is 4.58. The molecule has 1 aliphatic heterocycles. The first-order chi connectivity index (χ1) is 13.9. The van der Waals surface area contributed by atoms with Crippen LogP contribution in [0.1, 0.15) is 11.1 Å². The van der Waals surface area contributed by atoms with Crippen molar-refractivity contribution in [1.82, 2.24) is 0 Å². The van der Waals surface area contributed by atoms with E-state index in [-0.39, 0.29) is 0 Å². The molecule has 3 aromatic rings. The quantitative estimate of drug-likeness (QED) is 0.659. The summed E-state index contributed by atoms with van der Waals surface area (Å²) in [7, 11) is 0. The normalized spacial score (nSPS) is 19.7. The van der Waals surface area contributed by atoms with E-state index < -0.39 is 0 Å². The molecule has 0 unspecified atom stereocenters. The Balaban J connectivity index is 1.24. The van der Waals surface area contributed by atoms with E-state index in [0.717, 1.165) is 13.1 Å². The Morgan fingerprint density at radius 2 is 1.18 bits per heavy atom. The van der Waals surface area contributed by atoms with E-state index in [2.05, 4.69) is 97.1 Å². The van der Waals surface area contributed by atoms with Gasteiger partial charge in [0.1, 0.15) is 32.7 Å². The van der Waals surface area contributed by atoms with Crippen molar-refractivity contribution in [2.24, 2.45) is 0 Å². The third kappa shape index (κ3) is 5.19. The van der Waals surface area contributed by atoms with Crippen LogP contribution < -0.4 is 9.80 Å². The Labute approximate surface area is 168 Å². The number of rotatable bonds is 6. The average Bonchev–Trinajstić information content (AvgIpc) is 2.77. The predicted molar refractivity (Wildman–Crippen MR) is 117 cm³/mol. The number of hydrogen-bond donors (Lipinski definition) is 2. The van der Waals surface area contributed by atoms with Crippen molar-refractivity contribution < 1.29 is 9.80 Å². The Bertz CT molecular complexity index is 861. The SMILES string of the molecule is C(=C\c1ccccc1)/C[NH+]1CC[NH+](Cc2ccc(-c3ccccc3)cc2)CC1. The zero-order valence-corrected chi connectivity index (χ0v) is 16.5. The molecule has 2 N–H and O–H groups in total. The van der Waals surface area contributed by atoms with Crippen molar-refractivity contribution in [2.45, 2.75) is 6.54 Å². The van der Waals surface area contributed by atoms with Crippen LogP contribution in [0.25, 0.3) is 17.2 Å². The van der Waals surface area contributed by atoms with Gasteiger partial charge in [-0.15, -0.1) is 0 Å². The molecule has 0 amide bonds. The van der Waals surface area contributed by atoms with E-state index in [1.165, 1.54) is 48.4 Å². The highest BCUT2D eigenvalue weighted by Crippen LogP contribution is 2.18. The molecule has 0 radical (unpaired) electrons. The van der Waals surface area contributed by atoms with Gasteiger partial charge in [0.15, 0.2) is 0 Å². The smallest absolute Gasteiger partial charge is 0.127 e. The summed E-state index contributed by atoms with van der Waals surface area (Å²) in [4.78, 5) is 3.42. The highest BCUT2D eigenvalue weighted by atomic mass is 15.3. The second-order valence-corrected chi connectivity index (χ2v) is 7.76. The van der Waals surface area contributed by atoms with E-state index in [1.807, 2.05) is 0 Å². The maximum Gasteiger partial charge on any atom is 0.127 e. The molecule has 142 valence electrons. The van der Waals surface area contributed by atoms with Gasteiger partial charge in [0.2, 0.25) is 0 Å². The lowest BCUT2D eigenvalue weighted by atomic mass is 10.0. The van der Waals surface area contributed by atoms with Gasteiger partial charge in [-0.2, -0.15) is 0 Å². The van der Waals surface area contributed by atoms with Crippen LogP contribution in [0.4, 0.5) is 0 Å². The highest BCUT2D eigenvalue weighted by Gasteiger charge is 2.21. The number of quaternary nitrogens is 2. The van der Waals surface area contributed by atoms with Gasteiger partial charge in [-0.05, 0) is 22.8 Å². The summed E-state index contributed by atoms with van der Waals surface area (Å²) in [6.45, 7) is 7.31. The predicted octanol–water partition coefficient (Wildman–Crippen LogP) is 2.35. The van der Waals surface area contributed by atoms with Crippen molar-refractivity contribution in [3.63, 3.8) is 0 Å². The minimum absolute atomic E-state index is 1.13. The molecule has 0 spiro atoms. The minimum atomic E-state index is 1.13. The first-order valence-electron chi connectivity index (χ1n) is 10.4. The lowest BCUT2D eigenvalue weighted by molar-refractivity contribution is -1.02. The first-order valence-corrected chi connectivity index (χ1v) is 10.4. The molecule has 0 aromatic heterocycles. The van der Waals surface area contributed by atoms with Crippen molar-refractivity contribution in [3.05, 3.63) is 102 Å². The van der Waals surface area contributed by atoms with Gasteiger partial charge in [-0.25, -0.2) is 0 Å². The second kappa shape index (κ2) is 9.50. The topological polar surface area (TPSA) is 8.88 Å². The van der Waals surface area contributed by atoms with Gasteiger partial charge in [0, 0.05) is 5.56 Å². The van der Waals surface area contributed by atoms with E-state index in [0.29, 0.717) is 0 Å². The van der Waals surface area contributed by atoms with E-state index >= 15 is 0 Å². The first kappa shape index (κ1) is 18.7. The van der Waals surface area contributed by atoms with Crippen molar-refractivity contribution in [2.75, 3.05) is 32.7 Å². The van der Waals surface area contributed by atoms with Crippen molar-refractivity contribution >= 4 is 6.08 Å². The molecule has 3 aromatic carbocycles. The third-order valence-corrected chi connectivity index (χ3v) is 5.70. The molecule has 1 heterocycles. The lowest BCUT2D eigenvalue weighted by Crippen LogP contribution is -3.27. The van der Waals surface area contributed by atoms with Crippen LogP contribution in [0.15, 0.2) is 91.0 Å². The van der Waals surface area contributed by atoms with E-state index in [4.69, 9.17) is 0 Å². The van der Waals surface area contributed by atoms with Gasteiger partial charge >= 0.3 is 0 Å². The van der Waals surface area contributed by atoms with Crippen LogP contribution in [0.2, 0.25) is 0 Å². The molecule has 1 saturated heterocycles. The Hall–Kier alpha value is -2.68. The van der Waals surface area contributed by atoms with Gasteiger partial charge < -0.3 is 9.80 Å². The number of piperazine rings is 1. The fraction of sp³-hybridized carbons (Fsp3) is 0.231. The molecule has 4 rings (SSSR count). The van der Waals surface area contributed by atoms with Crippen LogP contribution in [0.5, 0.6) is 0 Å². The van der Waals surface area contributed by atoms with Gasteiger partial charge in [0.25, 0.3) is 0 Å². The summed E-state index contributed by atoms with van der Waals surface area (Å²) in [6, 6.07) is 30.3. The molecule has 0 saturated carbocycles. The summed E-state index contributed by atoms with van der Waals surface area (Å²) in [5, 5.41) is 0. The largest absolute Gasteiger partial charge is 0.322 e. The van der Waals surface area contributed by atoms with Crippen molar-refractivity contribution in [3.8, 4) is 11.1 Å². The molecule has 0 atom stereocenters. The zero-order chi connectivity index (χ0) is 19.0. The fourth-order valence-corrected chi connectivity index (χ4v) is 4.00. The molecule has 0 aliphatic carbocycles. The molecular formula is C26H30N2+2. The van der Waals surface area contributed by atoms with Crippen LogP contribution in [-0.2, 0) is 6.54 Å². The highest BCUT2D eigenvalue weighted by molar-refractivity contribution is 5.63. The molecular weight excluding hydrogens is 340 g/mol. The molecule has 2 heteroatoms. The molecule has 0 bridgehead atoms. The summed E-state index contributed by atoms with van der Waals surface area (Å²) in [5.41, 5.74) is 5.34. The van der Waals surface area contributed by atoms with Crippen LogP contribution >= 0.6 is 0 Å². The van der Waals surface area contributed by atoms with Crippen LogP contribution in [0.3, 0.4) is 0 Å². The fourth-order valence-electron chi connectivity index (χ4n) is 4.00. The monoisotopic (exact) mass is 370 g/mol.